The van der Waals surface area contributed by atoms with Gasteiger partial charge in [-0.05, 0) is 50.6 Å². The van der Waals surface area contributed by atoms with Crippen molar-refractivity contribution in [1.29, 1.82) is 0 Å². The van der Waals surface area contributed by atoms with Gasteiger partial charge in [0.15, 0.2) is 0 Å². The average molecular weight is 281 g/mol. The fraction of sp³-hybridized carbons (Fsp3) is 0.941. The van der Waals surface area contributed by atoms with Gasteiger partial charge in [0, 0.05) is 0 Å². The first-order chi connectivity index (χ1) is 9.80. The van der Waals surface area contributed by atoms with Crippen LogP contribution in [0.1, 0.15) is 70.6 Å². The molecule has 0 aromatic heterocycles. The van der Waals surface area contributed by atoms with Crippen LogP contribution in [0.4, 0.5) is 0 Å². The molecule has 3 atom stereocenters. The van der Waals surface area contributed by atoms with E-state index in [2.05, 4.69) is 5.32 Å². The second kappa shape index (κ2) is 8.66. The van der Waals surface area contributed by atoms with Gasteiger partial charge in [-0.2, -0.15) is 0 Å². The first-order valence-corrected chi connectivity index (χ1v) is 8.74. The maximum Gasteiger partial charge on any atom is 0.307 e. The third-order valence-corrected chi connectivity index (χ3v) is 5.15. The fourth-order valence-electron chi connectivity index (χ4n) is 3.87. The minimum atomic E-state index is -0.542. The van der Waals surface area contributed by atoms with E-state index in [9.17, 15) is 9.90 Å². The van der Waals surface area contributed by atoms with Crippen LogP contribution in [-0.2, 0) is 4.79 Å². The molecule has 0 amide bonds. The van der Waals surface area contributed by atoms with Crippen molar-refractivity contribution < 1.29 is 9.90 Å². The van der Waals surface area contributed by atoms with Gasteiger partial charge in [0.25, 0.3) is 0 Å². The molecule has 3 heteroatoms. The monoisotopic (exact) mass is 281 g/mol. The van der Waals surface area contributed by atoms with Crippen LogP contribution in [0, 0.1) is 17.8 Å². The smallest absolute Gasteiger partial charge is 0.307 e. The van der Waals surface area contributed by atoms with Crippen molar-refractivity contribution in [2.24, 2.45) is 17.8 Å². The van der Waals surface area contributed by atoms with Gasteiger partial charge in [0.2, 0.25) is 0 Å². The predicted molar refractivity (Wildman–Crippen MR) is 81.8 cm³/mol. The fourth-order valence-corrected chi connectivity index (χ4v) is 3.87. The second-order valence-electron chi connectivity index (χ2n) is 6.70. The van der Waals surface area contributed by atoms with Crippen LogP contribution >= 0.6 is 0 Å². The first-order valence-electron chi connectivity index (χ1n) is 8.74. The summed E-state index contributed by atoms with van der Waals surface area (Å²) in [5, 5.41) is 12.8. The number of nitrogens with one attached hydrogen (secondary N) is 1. The lowest BCUT2D eigenvalue weighted by molar-refractivity contribution is -0.139. The molecule has 0 aromatic carbocycles. The maximum atomic E-state index is 11.3. The number of carboxylic acid groups (broad SMARTS) is 1. The molecule has 2 fully saturated rings. The van der Waals surface area contributed by atoms with Gasteiger partial charge in [-0.1, -0.05) is 44.9 Å². The van der Waals surface area contributed by atoms with Crippen molar-refractivity contribution in [1.82, 2.24) is 5.32 Å². The second-order valence-corrected chi connectivity index (χ2v) is 6.70. The molecule has 1 saturated heterocycles. The molecule has 116 valence electrons. The van der Waals surface area contributed by atoms with Gasteiger partial charge in [-0.3, -0.25) is 4.79 Å². The van der Waals surface area contributed by atoms with E-state index in [1.165, 1.54) is 64.3 Å². The minimum Gasteiger partial charge on any atom is -0.481 e. The van der Waals surface area contributed by atoms with Crippen LogP contribution in [-0.4, -0.2) is 24.2 Å². The van der Waals surface area contributed by atoms with Gasteiger partial charge < -0.3 is 10.4 Å². The number of hydrogen-bond donors (Lipinski definition) is 2. The molecule has 2 N–H and O–H groups in total. The van der Waals surface area contributed by atoms with Crippen molar-refractivity contribution in [3.63, 3.8) is 0 Å². The SMILES string of the molecule is O=C(O)C1C2CCCCCCCCNCCCCCC21. The lowest BCUT2D eigenvalue weighted by Crippen LogP contribution is -2.16. The first kappa shape index (κ1) is 15.8. The number of carbonyl (C=O) groups is 1. The minimum absolute atomic E-state index is 0.0104. The number of rotatable bonds is 1. The van der Waals surface area contributed by atoms with Crippen LogP contribution in [0.25, 0.3) is 0 Å². The topological polar surface area (TPSA) is 49.3 Å². The average Bonchev–Trinajstić information content (AvgIpc) is 3.11. The van der Waals surface area contributed by atoms with Crippen molar-refractivity contribution in [2.45, 2.75) is 70.6 Å². The Kier molecular flexibility index (Phi) is 6.85. The van der Waals surface area contributed by atoms with Crippen LogP contribution in [0.5, 0.6) is 0 Å². The Bertz CT molecular complexity index is 271. The number of fused-ring (bicyclic) bond motifs is 1. The van der Waals surface area contributed by atoms with Crippen LogP contribution in [0.3, 0.4) is 0 Å². The quantitative estimate of drug-likeness (QED) is 0.768. The van der Waals surface area contributed by atoms with Gasteiger partial charge in [-0.25, -0.2) is 0 Å². The largest absolute Gasteiger partial charge is 0.481 e. The van der Waals surface area contributed by atoms with Crippen LogP contribution in [0.15, 0.2) is 0 Å². The lowest BCUT2D eigenvalue weighted by Gasteiger charge is -2.06. The summed E-state index contributed by atoms with van der Waals surface area (Å²) < 4.78 is 0. The zero-order valence-corrected chi connectivity index (χ0v) is 12.8. The van der Waals surface area contributed by atoms with Crippen molar-refractivity contribution in [2.75, 3.05) is 13.1 Å². The molecule has 1 heterocycles. The van der Waals surface area contributed by atoms with Crippen molar-refractivity contribution in [3.05, 3.63) is 0 Å². The van der Waals surface area contributed by atoms with Crippen LogP contribution in [0.2, 0.25) is 0 Å². The van der Waals surface area contributed by atoms with E-state index in [1.807, 2.05) is 0 Å². The Labute approximate surface area is 123 Å². The third-order valence-electron chi connectivity index (χ3n) is 5.15. The zero-order chi connectivity index (χ0) is 14.2. The molecule has 3 nitrogen and oxygen atoms in total. The van der Waals surface area contributed by atoms with Crippen LogP contribution < -0.4 is 5.32 Å². The van der Waals surface area contributed by atoms with E-state index in [0.29, 0.717) is 11.8 Å². The van der Waals surface area contributed by atoms with E-state index in [1.54, 1.807) is 0 Å². The molecule has 20 heavy (non-hydrogen) atoms. The van der Waals surface area contributed by atoms with Gasteiger partial charge >= 0.3 is 5.97 Å². The lowest BCUT2D eigenvalue weighted by atomic mass is 10.0. The van der Waals surface area contributed by atoms with E-state index >= 15 is 0 Å². The molecule has 0 bridgehead atoms. The third kappa shape index (κ3) is 5.08. The molecule has 2 aliphatic rings. The predicted octanol–water partition coefficient (Wildman–Crippen LogP) is 3.83. The van der Waals surface area contributed by atoms with Gasteiger partial charge in [0.05, 0.1) is 5.92 Å². The standard InChI is InChI=1S/C17H31NO2/c19-17(20)16-14-10-6-3-1-2-4-8-12-18-13-9-5-7-11-15(14)16/h14-16,18H,1-13H2,(H,19,20). The Morgan fingerprint density at radius 1 is 0.750 bits per heavy atom. The Morgan fingerprint density at radius 3 is 1.75 bits per heavy atom. The summed E-state index contributed by atoms with van der Waals surface area (Å²) in [5.41, 5.74) is 0. The summed E-state index contributed by atoms with van der Waals surface area (Å²) in [6.07, 6.45) is 13.9. The molecular weight excluding hydrogens is 250 g/mol. The zero-order valence-electron chi connectivity index (χ0n) is 12.8. The van der Waals surface area contributed by atoms with E-state index < -0.39 is 5.97 Å². The summed E-state index contributed by atoms with van der Waals surface area (Å²) in [5.74, 6) is 0.440. The molecule has 0 spiro atoms. The molecular formula is C17H31NO2. The molecule has 0 aromatic rings. The van der Waals surface area contributed by atoms with E-state index in [4.69, 9.17) is 0 Å². The maximum absolute atomic E-state index is 11.3. The Hall–Kier alpha value is -0.570. The van der Waals surface area contributed by atoms with Crippen molar-refractivity contribution in [3.8, 4) is 0 Å². The summed E-state index contributed by atoms with van der Waals surface area (Å²) >= 11 is 0. The molecule has 0 radical (unpaired) electrons. The summed E-state index contributed by atoms with van der Waals surface area (Å²) in [6, 6.07) is 0. The number of hydrogen-bond acceptors (Lipinski definition) is 2. The molecule has 3 unspecified atom stereocenters. The van der Waals surface area contributed by atoms with Crippen molar-refractivity contribution >= 4 is 5.97 Å². The summed E-state index contributed by atoms with van der Waals surface area (Å²) in [4.78, 5) is 11.3. The number of aliphatic carboxylic acids is 1. The number of carboxylic acids is 1. The normalized spacial score (nSPS) is 34.1. The van der Waals surface area contributed by atoms with Gasteiger partial charge in [0.1, 0.15) is 0 Å². The van der Waals surface area contributed by atoms with E-state index in [-0.39, 0.29) is 5.92 Å². The molecule has 1 saturated carbocycles. The van der Waals surface area contributed by atoms with E-state index in [0.717, 1.165) is 19.4 Å². The molecule has 2 rings (SSSR count). The summed E-state index contributed by atoms with van der Waals surface area (Å²) in [6.45, 7) is 2.31. The molecule has 1 aliphatic carbocycles. The highest BCUT2D eigenvalue weighted by atomic mass is 16.4. The highest BCUT2D eigenvalue weighted by Crippen LogP contribution is 2.52. The Balaban J connectivity index is 1.73. The highest BCUT2D eigenvalue weighted by Gasteiger charge is 2.53. The Morgan fingerprint density at radius 2 is 1.20 bits per heavy atom. The highest BCUT2D eigenvalue weighted by molar-refractivity contribution is 5.74. The summed E-state index contributed by atoms with van der Waals surface area (Å²) in [7, 11) is 0. The van der Waals surface area contributed by atoms with Gasteiger partial charge in [-0.15, -0.1) is 0 Å². The molecule has 1 aliphatic heterocycles.